The number of aromatic hydroxyl groups is 1. The summed E-state index contributed by atoms with van der Waals surface area (Å²) in [7, 11) is 0. The molecule has 0 amide bonds. The van der Waals surface area contributed by atoms with Crippen LogP contribution in [-0.4, -0.2) is 68.1 Å². The van der Waals surface area contributed by atoms with Crippen molar-refractivity contribution in [2.24, 2.45) is 23.5 Å². The van der Waals surface area contributed by atoms with Crippen LogP contribution in [0.1, 0.15) is 102 Å². The molecular formula is C41H59N3O6. The van der Waals surface area contributed by atoms with E-state index in [1.165, 1.54) is 0 Å². The van der Waals surface area contributed by atoms with Gasteiger partial charge in [0.05, 0.1) is 24.6 Å². The molecule has 9 nitrogen and oxygen atoms in total. The summed E-state index contributed by atoms with van der Waals surface area (Å²) in [5.41, 5.74) is 9.10. The lowest BCUT2D eigenvalue weighted by molar-refractivity contribution is -0.0173. The predicted molar refractivity (Wildman–Crippen MR) is 196 cm³/mol. The fraction of sp³-hybridized carbons (Fsp3) is 0.610. The Labute approximate surface area is 298 Å². The number of aliphatic hydroxyl groups is 4. The molecule has 0 bridgehead atoms. The monoisotopic (exact) mass is 689 g/mol. The van der Waals surface area contributed by atoms with Crippen molar-refractivity contribution in [2.45, 2.75) is 127 Å². The molecule has 5 rings (SSSR count). The first-order valence-corrected chi connectivity index (χ1v) is 18.9. The van der Waals surface area contributed by atoms with Crippen LogP contribution in [0.25, 0.3) is 0 Å². The number of benzene rings is 1. The molecule has 1 aromatic heterocycles. The zero-order valence-corrected chi connectivity index (χ0v) is 29.7. The Hall–Kier alpha value is -3.42. The van der Waals surface area contributed by atoms with E-state index in [1.54, 1.807) is 18.2 Å². The summed E-state index contributed by atoms with van der Waals surface area (Å²) in [5.74, 6) is 7.32. The van der Waals surface area contributed by atoms with Crippen LogP contribution in [0.15, 0.2) is 60.1 Å². The van der Waals surface area contributed by atoms with E-state index in [9.17, 15) is 25.5 Å². The Bertz CT molecular complexity index is 1470. The first kappa shape index (κ1) is 37.8. The van der Waals surface area contributed by atoms with Gasteiger partial charge in [-0.1, -0.05) is 57.1 Å². The van der Waals surface area contributed by atoms with Crippen molar-refractivity contribution in [3.8, 4) is 23.3 Å². The van der Waals surface area contributed by atoms with Crippen molar-refractivity contribution < 1.29 is 30.3 Å². The van der Waals surface area contributed by atoms with Gasteiger partial charge in [0.15, 0.2) is 11.5 Å². The van der Waals surface area contributed by atoms with Crippen molar-refractivity contribution in [1.82, 2.24) is 10.3 Å². The number of nitrogens with two attached hydrogens (primary N) is 1. The number of hydrogen-bond donors (Lipinski definition) is 8. The summed E-state index contributed by atoms with van der Waals surface area (Å²) in [6.45, 7) is 2.26. The topological polar surface area (TPSA) is 164 Å². The summed E-state index contributed by atoms with van der Waals surface area (Å²) in [4.78, 5) is 3.50. The molecule has 0 radical (unpaired) electrons. The molecule has 2 aromatic rings. The Kier molecular flexibility index (Phi) is 13.8. The number of phenolic OH excluding ortho intramolecular Hbond substituents is 1. The lowest BCUT2D eigenvalue weighted by Crippen LogP contribution is -2.45. The molecule has 2 heterocycles. The second-order valence-corrected chi connectivity index (χ2v) is 14.7. The molecule has 7 unspecified atom stereocenters. The largest absolute Gasteiger partial charge is 0.504 e. The second kappa shape index (κ2) is 18.2. The molecule has 0 saturated heterocycles. The van der Waals surface area contributed by atoms with Crippen LogP contribution >= 0.6 is 0 Å². The number of nitrogens with one attached hydrogen (secondary N) is 2. The molecule has 0 spiro atoms. The maximum absolute atomic E-state index is 11.3. The first-order valence-electron chi connectivity index (χ1n) is 18.9. The molecule has 1 aliphatic heterocycles. The van der Waals surface area contributed by atoms with Crippen LogP contribution in [-0.2, 0) is 11.8 Å². The molecule has 7 atom stereocenters. The van der Waals surface area contributed by atoms with Crippen molar-refractivity contribution in [3.05, 3.63) is 71.3 Å². The predicted octanol–water partition coefficient (Wildman–Crippen LogP) is 5.32. The Morgan fingerprint density at radius 2 is 1.88 bits per heavy atom. The number of rotatable bonds is 14. The second-order valence-electron chi connectivity index (χ2n) is 14.7. The zero-order chi connectivity index (χ0) is 35.5. The van der Waals surface area contributed by atoms with E-state index >= 15 is 0 Å². The highest BCUT2D eigenvalue weighted by molar-refractivity contribution is 5.42. The third-order valence-electron chi connectivity index (χ3n) is 11.5. The number of dihydropyridines is 1. The molecular weight excluding hydrogens is 630 g/mol. The van der Waals surface area contributed by atoms with Gasteiger partial charge in [-0.15, -0.1) is 5.92 Å². The minimum Gasteiger partial charge on any atom is -0.504 e. The highest BCUT2D eigenvalue weighted by Gasteiger charge is 2.45. The van der Waals surface area contributed by atoms with Gasteiger partial charge >= 0.3 is 0 Å². The fourth-order valence-electron chi connectivity index (χ4n) is 8.45. The molecule has 274 valence electrons. The van der Waals surface area contributed by atoms with E-state index in [0.717, 1.165) is 74.6 Å². The van der Waals surface area contributed by atoms with Crippen molar-refractivity contribution in [3.63, 3.8) is 0 Å². The number of aromatic amines is 1. The molecule has 1 fully saturated rings. The number of allylic oxidation sites excluding steroid dienone is 2. The normalized spacial score (nSPS) is 25.0. The average molecular weight is 690 g/mol. The van der Waals surface area contributed by atoms with Gasteiger partial charge in [0.25, 0.3) is 0 Å². The van der Waals surface area contributed by atoms with Crippen LogP contribution in [0.3, 0.4) is 0 Å². The summed E-state index contributed by atoms with van der Waals surface area (Å²) in [6, 6.07) is 9.30. The summed E-state index contributed by atoms with van der Waals surface area (Å²) in [6.07, 6.45) is 14.4. The van der Waals surface area contributed by atoms with Gasteiger partial charge in [-0.3, -0.25) is 0 Å². The van der Waals surface area contributed by atoms with Crippen molar-refractivity contribution >= 4 is 0 Å². The molecule has 2 aliphatic carbocycles. The Balaban J connectivity index is 1.36. The van der Waals surface area contributed by atoms with E-state index < -0.39 is 31.0 Å². The Morgan fingerprint density at radius 1 is 1.08 bits per heavy atom. The number of phenols is 1. The third-order valence-corrected chi connectivity index (χ3v) is 11.5. The molecule has 1 aromatic carbocycles. The highest BCUT2D eigenvalue weighted by atomic mass is 16.5. The van der Waals surface area contributed by atoms with Gasteiger partial charge in [-0.05, 0) is 98.8 Å². The molecule has 9 N–H and O–H groups in total. The van der Waals surface area contributed by atoms with Crippen LogP contribution < -0.4 is 15.8 Å². The van der Waals surface area contributed by atoms with Gasteiger partial charge in [0.1, 0.15) is 12.2 Å². The highest BCUT2D eigenvalue weighted by Crippen LogP contribution is 2.50. The number of aromatic nitrogens is 1. The minimum atomic E-state index is -1.20. The van der Waals surface area contributed by atoms with Gasteiger partial charge in [-0.25, -0.2) is 0 Å². The summed E-state index contributed by atoms with van der Waals surface area (Å²) in [5, 5.41) is 57.7. The van der Waals surface area contributed by atoms with Crippen LogP contribution in [0, 0.1) is 29.6 Å². The number of H-pyrrole nitrogens is 1. The van der Waals surface area contributed by atoms with E-state index in [4.69, 9.17) is 10.5 Å². The number of aryl methyl sites for hydroxylation is 1. The number of aliphatic hydroxyl groups excluding tert-OH is 4. The van der Waals surface area contributed by atoms with Gasteiger partial charge < -0.3 is 46.3 Å². The van der Waals surface area contributed by atoms with E-state index in [1.807, 2.05) is 18.3 Å². The molecule has 50 heavy (non-hydrogen) atoms. The molecule has 9 heteroatoms. The lowest BCUT2D eigenvalue weighted by Gasteiger charge is -2.46. The lowest BCUT2D eigenvalue weighted by atomic mass is 9.60. The van der Waals surface area contributed by atoms with Gasteiger partial charge in [-0.2, -0.15) is 0 Å². The maximum Gasteiger partial charge on any atom is 0.161 e. The molecule has 3 aliphatic rings. The quantitative estimate of drug-likeness (QED) is 0.124. The third kappa shape index (κ3) is 9.46. The summed E-state index contributed by atoms with van der Waals surface area (Å²) >= 11 is 0. The molecule has 1 saturated carbocycles. The van der Waals surface area contributed by atoms with Crippen LogP contribution in [0.5, 0.6) is 11.5 Å². The first-order chi connectivity index (χ1) is 24.2. The Morgan fingerprint density at radius 3 is 2.60 bits per heavy atom. The number of hydrogen-bond acceptors (Lipinski definition) is 8. The number of ether oxygens (including phenoxy) is 1. The maximum atomic E-state index is 11.3. The van der Waals surface area contributed by atoms with Gasteiger partial charge in [0.2, 0.25) is 0 Å². The standard InChI is InChI=1S/C41H59N3O6/c1-2-28-10-4-5-13-33(46)31(12-8-11-28)34(47)17-15-29-16-18-35(48)37(24-29)50-38(36(49)27-45)26-32(30-19-23-44-40(42)25-30)41(20-6-3-7-21-41)39-14-9-22-43-39/h9,14,16,18-19,22,24-25,28,31-34,36,38,43-49H,2-7,10,12-13,15,17,20-21,23,26-27,42H2,1H3. The van der Waals surface area contributed by atoms with Crippen LogP contribution in [0.2, 0.25) is 0 Å². The van der Waals surface area contributed by atoms with E-state index in [0.29, 0.717) is 50.4 Å². The van der Waals surface area contributed by atoms with Crippen molar-refractivity contribution in [1.29, 1.82) is 0 Å². The van der Waals surface area contributed by atoms with Crippen LogP contribution in [0.4, 0.5) is 0 Å². The van der Waals surface area contributed by atoms with Crippen molar-refractivity contribution in [2.75, 3.05) is 13.2 Å². The zero-order valence-electron chi connectivity index (χ0n) is 29.7. The van der Waals surface area contributed by atoms with Gasteiger partial charge in [0, 0.05) is 42.1 Å². The minimum absolute atomic E-state index is 0.0635. The SMILES string of the molecule is CCC1C#CCC(C(O)CCc2ccc(O)c(OC(CC(C3=CCNC(N)=C3)C3(c4ccc[nH]4)CCCCC3)C(O)CO)c2)C(O)CCCC1. The van der Waals surface area contributed by atoms with E-state index in [-0.39, 0.29) is 28.7 Å². The van der Waals surface area contributed by atoms with E-state index in [2.05, 4.69) is 41.2 Å². The fourth-order valence-corrected chi connectivity index (χ4v) is 8.45. The summed E-state index contributed by atoms with van der Waals surface area (Å²) < 4.78 is 6.47. The smallest absolute Gasteiger partial charge is 0.161 e. The average Bonchev–Trinajstić information content (AvgIpc) is 3.69.